The molecular formula is C18H17N3O3. The van der Waals surface area contributed by atoms with Gasteiger partial charge in [-0.15, -0.1) is 0 Å². The van der Waals surface area contributed by atoms with Crippen LogP contribution in [0, 0.1) is 0 Å². The molecule has 1 aromatic carbocycles. The van der Waals surface area contributed by atoms with Gasteiger partial charge < -0.3 is 14.6 Å². The van der Waals surface area contributed by atoms with E-state index in [4.69, 9.17) is 9.26 Å². The SMILES string of the molecule is COc1ccc(-c2cc(C(=O)NCCc3ccncc3)on2)cc1. The minimum atomic E-state index is -0.281. The smallest absolute Gasteiger partial charge is 0.289 e. The summed E-state index contributed by atoms with van der Waals surface area (Å²) < 4.78 is 10.3. The number of carbonyl (C=O) groups excluding carboxylic acids is 1. The summed E-state index contributed by atoms with van der Waals surface area (Å²) in [4.78, 5) is 16.1. The fraction of sp³-hybridized carbons (Fsp3) is 0.167. The van der Waals surface area contributed by atoms with E-state index in [2.05, 4.69) is 15.5 Å². The number of benzene rings is 1. The summed E-state index contributed by atoms with van der Waals surface area (Å²) in [6.07, 6.45) is 4.19. The maximum atomic E-state index is 12.1. The van der Waals surface area contributed by atoms with Gasteiger partial charge in [0.15, 0.2) is 0 Å². The summed E-state index contributed by atoms with van der Waals surface area (Å²) in [7, 11) is 1.61. The van der Waals surface area contributed by atoms with Crippen molar-refractivity contribution in [3.8, 4) is 17.0 Å². The first-order valence-electron chi connectivity index (χ1n) is 7.54. The van der Waals surface area contributed by atoms with Crippen molar-refractivity contribution in [2.75, 3.05) is 13.7 Å². The second-order valence-electron chi connectivity index (χ2n) is 5.17. The first kappa shape index (κ1) is 15.7. The number of rotatable bonds is 6. The van der Waals surface area contributed by atoms with Gasteiger partial charge in [0.2, 0.25) is 5.76 Å². The Morgan fingerprint density at radius 2 is 1.92 bits per heavy atom. The van der Waals surface area contributed by atoms with Crippen LogP contribution in [0.25, 0.3) is 11.3 Å². The minimum Gasteiger partial charge on any atom is -0.497 e. The molecule has 3 rings (SSSR count). The fourth-order valence-electron chi connectivity index (χ4n) is 2.24. The molecule has 0 saturated heterocycles. The molecule has 0 atom stereocenters. The number of pyridine rings is 1. The van der Waals surface area contributed by atoms with Crippen LogP contribution in [0.3, 0.4) is 0 Å². The van der Waals surface area contributed by atoms with Crippen molar-refractivity contribution in [3.05, 3.63) is 66.2 Å². The molecule has 3 aromatic rings. The molecule has 6 heteroatoms. The highest BCUT2D eigenvalue weighted by Crippen LogP contribution is 2.22. The standard InChI is InChI=1S/C18H17N3O3/c1-23-15-4-2-14(3-5-15)16-12-17(24-21-16)18(22)20-11-8-13-6-9-19-10-7-13/h2-7,9-10,12H,8,11H2,1H3,(H,20,22). The van der Waals surface area contributed by atoms with Crippen LogP contribution in [-0.4, -0.2) is 29.7 Å². The van der Waals surface area contributed by atoms with E-state index in [1.807, 2.05) is 36.4 Å². The van der Waals surface area contributed by atoms with Crippen molar-refractivity contribution in [3.63, 3.8) is 0 Å². The van der Waals surface area contributed by atoms with E-state index in [-0.39, 0.29) is 11.7 Å². The van der Waals surface area contributed by atoms with Gasteiger partial charge in [0.25, 0.3) is 5.91 Å². The van der Waals surface area contributed by atoms with Crippen LogP contribution >= 0.6 is 0 Å². The Morgan fingerprint density at radius 1 is 1.17 bits per heavy atom. The lowest BCUT2D eigenvalue weighted by Gasteiger charge is -2.02. The Labute approximate surface area is 139 Å². The quantitative estimate of drug-likeness (QED) is 0.755. The van der Waals surface area contributed by atoms with Crippen LogP contribution in [0.1, 0.15) is 16.1 Å². The Kier molecular flexibility index (Phi) is 4.86. The molecule has 0 bridgehead atoms. The number of aromatic nitrogens is 2. The zero-order chi connectivity index (χ0) is 16.8. The molecule has 0 saturated carbocycles. The number of carbonyl (C=O) groups is 1. The molecule has 2 heterocycles. The molecule has 1 amide bonds. The fourth-order valence-corrected chi connectivity index (χ4v) is 2.24. The average Bonchev–Trinajstić information content (AvgIpc) is 3.13. The lowest BCUT2D eigenvalue weighted by atomic mass is 10.1. The van der Waals surface area contributed by atoms with Gasteiger partial charge in [-0.1, -0.05) is 5.16 Å². The molecular weight excluding hydrogens is 306 g/mol. The van der Waals surface area contributed by atoms with Crippen LogP contribution in [0.4, 0.5) is 0 Å². The topological polar surface area (TPSA) is 77.2 Å². The van der Waals surface area contributed by atoms with Gasteiger partial charge in [-0.25, -0.2) is 0 Å². The predicted octanol–water partition coefficient (Wildman–Crippen LogP) is 2.72. The van der Waals surface area contributed by atoms with Gasteiger partial charge >= 0.3 is 0 Å². The average molecular weight is 323 g/mol. The summed E-state index contributed by atoms with van der Waals surface area (Å²) in [5.74, 6) is 0.670. The molecule has 0 aliphatic rings. The monoisotopic (exact) mass is 323 g/mol. The summed E-state index contributed by atoms with van der Waals surface area (Å²) in [6, 6.07) is 12.9. The Bertz CT molecular complexity index is 798. The van der Waals surface area contributed by atoms with E-state index < -0.39 is 0 Å². The van der Waals surface area contributed by atoms with E-state index in [0.29, 0.717) is 12.2 Å². The summed E-state index contributed by atoms with van der Waals surface area (Å²) in [5.41, 5.74) is 2.58. The van der Waals surface area contributed by atoms with Crippen LogP contribution in [0.2, 0.25) is 0 Å². The van der Waals surface area contributed by atoms with E-state index >= 15 is 0 Å². The van der Waals surface area contributed by atoms with Gasteiger partial charge in [0.1, 0.15) is 11.4 Å². The van der Waals surface area contributed by atoms with Crippen molar-refractivity contribution in [2.45, 2.75) is 6.42 Å². The highest BCUT2D eigenvalue weighted by Gasteiger charge is 2.13. The van der Waals surface area contributed by atoms with Gasteiger partial charge in [-0.2, -0.15) is 0 Å². The number of nitrogens with zero attached hydrogens (tertiary/aromatic N) is 2. The second kappa shape index (κ2) is 7.41. The Hall–Kier alpha value is -3.15. The molecule has 0 unspecified atom stereocenters. The molecule has 0 aliphatic carbocycles. The second-order valence-corrected chi connectivity index (χ2v) is 5.17. The van der Waals surface area contributed by atoms with Crippen LogP contribution in [0.15, 0.2) is 59.4 Å². The maximum Gasteiger partial charge on any atom is 0.289 e. The molecule has 0 fully saturated rings. The van der Waals surface area contributed by atoms with Crippen molar-refractivity contribution >= 4 is 5.91 Å². The first-order valence-corrected chi connectivity index (χ1v) is 7.54. The lowest BCUT2D eigenvalue weighted by Crippen LogP contribution is -2.25. The van der Waals surface area contributed by atoms with Gasteiger partial charge in [-0.05, 0) is 48.4 Å². The molecule has 122 valence electrons. The van der Waals surface area contributed by atoms with Crippen molar-refractivity contribution < 1.29 is 14.1 Å². The van der Waals surface area contributed by atoms with E-state index in [9.17, 15) is 4.79 Å². The highest BCUT2D eigenvalue weighted by molar-refractivity contribution is 5.92. The predicted molar refractivity (Wildman–Crippen MR) is 88.8 cm³/mol. The Morgan fingerprint density at radius 3 is 2.62 bits per heavy atom. The van der Waals surface area contributed by atoms with Crippen molar-refractivity contribution in [2.24, 2.45) is 0 Å². The largest absolute Gasteiger partial charge is 0.497 e. The summed E-state index contributed by atoms with van der Waals surface area (Å²) >= 11 is 0. The molecule has 1 N–H and O–H groups in total. The molecule has 0 radical (unpaired) electrons. The molecule has 24 heavy (non-hydrogen) atoms. The zero-order valence-electron chi connectivity index (χ0n) is 13.2. The number of hydrogen-bond donors (Lipinski definition) is 1. The third-order valence-electron chi connectivity index (χ3n) is 3.57. The van der Waals surface area contributed by atoms with Gasteiger partial charge in [0.05, 0.1) is 7.11 Å². The molecule has 0 spiro atoms. The molecule has 2 aromatic heterocycles. The number of hydrogen-bond acceptors (Lipinski definition) is 5. The van der Waals surface area contributed by atoms with Crippen LogP contribution in [0.5, 0.6) is 5.75 Å². The van der Waals surface area contributed by atoms with E-state index in [1.54, 1.807) is 25.6 Å². The van der Waals surface area contributed by atoms with Gasteiger partial charge in [-0.3, -0.25) is 9.78 Å². The lowest BCUT2D eigenvalue weighted by molar-refractivity contribution is 0.0917. The summed E-state index contributed by atoms with van der Waals surface area (Å²) in [6.45, 7) is 0.515. The zero-order valence-corrected chi connectivity index (χ0v) is 13.2. The number of methoxy groups -OCH3 is 1. The minimum absolute atomic E-state index is 0.190. The number of ether oxygens (including phenoxy) is 1. The Balaban J connectivity index is 1.59. The molecule has 0 aliphatic heterocycles. The van der Waals surface area contributed by atoms with Crippen LogP contribution in [-0.2, 0) is 6.42 Å². The van der Waals surface area contributed by atoms with E-state index in [1.165, 1.54) is 0 Å². The normalized spacial score (nSPS) is 10.4. The third kappa shape index (κ3) is 3.78. The first-order chi connectivity index (χ1) is 11.8. The third-order valence-corrected chi connectivity index (χ3v) is 3.57. The molecule has 6 nitrogen and oxygen atoms in total. The van der Waals surface area contributed by atoms with Gasteiger partial charge in [0, 0.05) is 30.6 Å². The summed E-state index contributed by atoms with van der Waals surface area (Å²) in [5, 5.41) is 6.76. The van der Waals surface area contributed by atoms with Crippen molar-refractivity contribution in [1.29, 1.82) is 0 Å². The highest BCUT2D eigenvalue weighted by atomic mass is 16.5. The van der Waals surface area contributed by atoms with E-state index in [0.717, 1.165) is 23.3 Å². The van der Waals surface area contributed by atoms with Crippen LogP contribution < -0.4 is 10.1 Å². The number of nitrogens with one attached hydrogen (secondary N) is 1. The van der Waals surface area contributed by atoms with Crippen molar-refractivity contribution in [1.82, 2.24) is 15.5 Å². The number of amides is 1. The maximum absolute atomic E-state index is 12.1.